The molecule has 0 aliphatic carbocycles. The van der Waals surface area contributed by atoms with E-state index in [1.807, 2.05) is 0 Å². The van der Waals surface area contributed by atoms with Crippen LogP contribution in [0.4, 0.5) is 13.2 Å². The van der Waals surface area contributed by atoms with Crippen LogP contribution in [0.25, 0.3) is 10.9 Å². The van der Waals surface area contributed by atoms with Gasteiger partial charge in [0, 0.05) is 5.39 Å². The molecule has 0 saturated heterocycles. The number of esters is 1. The molecule has 0 bridgehead atoms. The number of pyridine rings is 1. The fourth-order valence-electron chi connectivity index (χ4n) is 3.99. The number of benzene rings is 2. The molecule has 0 fully saturated rings. The van der Waals surface area contributed by atoms with Crippen molar-refractivity contribution in [3.05, 3.63) is 68.5 Å². The molecule has 0 saturated carbocycles. The average Bonchev–Trinajstić information content (AvgIpc) is 2.80. The first-order valence-corrected chi connectivity index (χ1v) is 11.5. The standard InChI is InChI=1S/C25H22ClF3N2O6/c1-24(2,3)37-17(32)10-30-22(34)18-20(33)14-8-9-15(26)21-19(14)31(23(18)35)11-16(36-21)12-4-6-13(7-5-12)25(27,28)29/h4-9,16,33H,10-11H2,1-3H3,(H,30,34). The Morgan fingerprint density at radius 1 is 1.16 bits per heavy atom. The number of rotatable bonds is 4. The summed E-state index contributed by atoms with van der Waals surface area (Å²) >= 11 is 6.29. The second kappa shape index (κ2) is 9.29. The molecule has 2 heterocycles. The van der Waals surface area contributed by atoms with E-state index in [9.17, 15) is 32.7 Å². The molecule has 0 spiro atoms. The van der Waals surface area contributed by atoms with Crippen molar-refractivity contribution in [1.29, 1.82) is 0 Å². The number of amides is 1. The zero-order valence-corrected chi connectivity index (χ0v) is 20.7. The van der Waals surface area contributed by atoms with Crippen LogP contribution in [0, 0.1) is 0 Å². The summed E-state index contributed by atoms with van der Waals surface area (Å²) in [4.78, 5) is 38.2. The summed E-state index contributed by atoms with van der Waals surface area (Å²) in [6.45, 7) is 4.22. The summed E-state index contributed by atoms with van der Waals surface area (Å²) in [5.74, 6) is -2.35. The van der Waals surface area contributed by atoms with Crippen LogP contribution in [-0.2, 0) is 22.3 Å². The van der Waals surface area contributed by atoms with Gasteiger partial charge in [0.25, 0.3) is 11.5 Å². The monoisotopic (exact) mass is 538 g/mol. The number of carbonyl (C=O) groups is 2. The molecule has 2 N–H and O–H groups in total. The first kappa shape index (κ1) is 26.3. The quantitative estimate of drug-likeness (QED) is 0.471. The zero-order valence-electron chi connectivity index (χ0n) is 19.9. The Hall–Kier alpha value is -3.73. The summed E-state index contributed by atoms with van der Waals surface area (Å²) < 4.78 is 51.2. The molecule has 1 unspecified atom stereocenters. The number of nitrogens with one attached hydrogen (secondary N) is 1. The highest BCUT2D eigenvalue weighted by atomic mass is 35.5. The van der Waals surface area contributed by atoms with Crippen LogP contribution in [0.5, 0.6) is 11.5 Å². The van der Waals surface area contributed by atoms with Crippen LogP contribution in [0.3, 0.4) is 0 Å². The fraction of sp³-hybridized carbons (Fsp3) is 0.320. The molecular weight excluding hydrogens is 517 g/mol. The van der Waals surface area contributed by atoms with E-state index in [-0.39, 0.29) is 28.2 Å². The fourth-order valence-corrected chi connectivity index (χ4v) is 4.19. The van der Waals surface area contributed by atoms with E-state index in [0.29, 0.717) is 5.56 Å². The number of ether oxygens (including phenoxy) is 2. The van der Waals surface area contributed by atoms with Crippen LogP contribution < -0.4 is 15.6 Å². The first-order chi connectivity index (χ1) is 17.2. The highest BCUT2D eigenvalue weighted by molar-refractivity contribution is 6.33. The van der Waals surface area contributed by atoms with Gasteiger partial charge in [0.1, 0.15) is 29.6 Å². The van der Waals surface area contributed by atoms with Gasteiger partial charge in [0.05, 0.1) is 22.6 Å². The summed E-state index contributed by atoms with van der Waals surface area (Å²) in [6.07, 6.45) is -5.44. The maximum Gasteiger partial charge on any atom is 0.416 e. The molecule has 2 aromatic carbocycles. The number of aromatic nitrogens is 1. The molecule has 4 rings (SSSR count). The van der Waals surface area contributed by atoms with Crippen molar-refractivity contribution in [2.24, 2.45) is 0 Å². The molecule has 3 aromatic rings. The van der Waals surface area contributed by atoms with E-state index in [1.165, 1.54) is 28.8 Å². The molecule has 0 radical (unpaired) electrons. The third-order valence-corrected chi connectivity index (χ3v) is 5.86. The minimum atomic E-state index is -4.52. The number of alkyl halides is 3. The van der Waals surface area contributed by atoms with E-state index in [1.54, 1.807) is 20.8 Å². The Morgan fingerprint density at radius 2 is 1.81 bits per heavy atom. The van der Waals surface area contributed by atoms with Crippen LogP contribution in [0.15, 0.2) is 41.2 Å². The second-order valence-corrected chi connectivity index (χ2v) is 9.81. The number of carbonyl (C=O) groups excluding carboxylic acids is 2. The van der Waals surface area contributed by atoms with Gasteiger partial charge in [-0.15, -0.1) is 0 Å². The molecule has 8 nitrogen and oxygen atoms in total. The summed E-state index contributed by atoms with van der Waals surface area (Å²) in [6, 6.07) is 7.04. The third-order valence-electron chi connectivity index (χ3n) is 5.56. The van der Waals surface area contributed by atoms with E-state index in [2.05, 4.69) is 5.32 Å². The Morgan fingerprint density at radius 3 is 2.41 bits per heavy atom. The Labute approximate surface area is 213 Å². The van der Waals surface area contributed by atoms with Crippen molar-refractivity contribution < 1.29 is 37.3 Å². The van der Waals surface area contributed by atoms with E-state index in [4.69, 9.17) is 21.1 Å². The largest absolute Gasteiger partial charge is 0.506 e. The number of hydrogen-bond donors (Lipinski definition) is 2. The predicted octanol–water partition coefficient (Wildman–Crippen LogP) is 4.58. The molecule has 37 heavy (non-hydrogen) atoms. The Balaban J connectivity index is 1.73. The molecule has 1 atom stereocenters. The Bertz CT molecular complexity index is 1460. The third kappa shape index (κ3) is 5.22. The maximum absolute atomic E-state index is 13.4. The van der Waals surface area contributed by atoms with Gasteiger partial charge >= 0.3 is 12.1 Å². The molecule has 1 aliphatic heterocycles. The van der Waals surface area contributed by atoms with E-state index < -0.39 is 58.7 Å². The molecule has 1 aliphatic rings. The number of halogens is 4. The minimum Gasteiger partial charge on any atom is -0.506 e. The molecule has 196 valence electrons. The molecule has 1 aromatic heterocycles. The lowest BCUT2D eigenvalue weighted by Crippen LogP contribution is -2.39. The SMILES string of the molecule is CC(C)(C)OC(=O)CNC(=O)c1c(O)c2ccc(Cl)c3c2n(c1=O)CC(c1ccc(C(F)(F)F)cc1)O3. The van der Waals surface area contributed by atoms with Gasteiger partial charge in [-0.1, -0.05) is 23.7 Å². The maximum atomic E-state index is 13.4. The topological polar surface area (TPSA) is 107 Å². The lowest BCUT2D eigenvalue weighted by molar-refractivity contribution is -0.153. The first-order valence-electron chi connectivity index (χ1n) is 11.1. The van der Waals surface area contributed by atoms with Gasteiger partial charge in [0.2, 0.25) is 0 Å². The summed E-state index contributed by atoms with van der Waals surface area (Å²) in [5.41, 5.74) is -2.68. The number of hydrogen-bond acceptors (Lipinski definition) is 6. The van der Waals surface area contributed by atoms with Crippen molar-refractivity contribution >= 4 is 34.4 Å². The number of aromatic hydroxyl groups is 1. The lowest BCUT2D eigenvalue weighted by Gasteiger charge is -2.29. The number of nitrogens with zero attached hydrogens (tertiary/aromatic N) is 1. The van der Waals surface area contributed by atoms with Crippen molar-refractivity contribution in [3.8, 4) is 11.5 Å². The highest BCUT2D eigenvalue weighted by Gasteiger charge is 2.33. The normalized spacial score (nSPS) is 15.3. The zero-order chi connectivity index (χ0) is 27.3. The summed E-state index contributed by atoms with van der Waals surface area (Å²) in [7, 11) is 0. The van der Waals surface area contributed by atoms with Gasteiger partial charge in [-0.25, -0.2) is 0 Å². The minimum absolute atomic E-state index is 0.0310. The Kier molecular flexibility index (Phi) is 6.61. The van der Waals surface area contributed by atoms with E-state index >= 15 is 0 Å². The van der Waals surface area contributed by atoms with Crippen molar-refractivity contribution in [2.45, 2.75) is 45.2 Å². The van der Waals surface area contributed by atoms with Gasteiger partial charge in [-0.05, 0) is 50.6 Å². The molecule has 1 amide bonds. The van der Waals surface area contributed by atoms with Gasteiger partial charge < -0.3 is 19.9 Å². The molecule has 12 heteroatoms. The smallest absolute Gasteiger partial charge is 0.416 e. The van der Waals surface area contributed by atoms with Crippen molar-refractivity contribution in [2.75, 3.05) is 6.54 Å². The highest BCUT2D eigenvalue weighted by Crippen LogP contribution is 2.43. The van der Waals surface area contributed by atoms with Crippen molar-refractivity contribution in [1.82, 2.24) is 9.88 Å². The van der Waals surface area contributed by atoms with Crippen LogP contribution in [0.1, 0.15) is 48.4 Å². The molecular formula is C25H22ClF3N2O6. The van der Waals surface area contributed by atoms with Crippen LogP contribution >= 0.6 is 11.6 Å². The van der Waals surface area contributed by atoms with Gasteiger partial charge in [-0.3, -0.25) is 19.0 Å². The van der Waals surface area contributed by atoms with Crippen LogP contribution in [-0.4, -0.2) is 33.7 Å². The van der Waals surface area contributed by atoms with Crippen molar-refractivity contribution in [3.63, 3.8) is 0 Å². The van der Waals surface area contributed by atoms with Crippen LogP contribution in [0.2, 0.25) is 5.02 Å². The second-order valence-electron chi connectivity index (χ2n) is 9.41. The predicted molar refractivity (Wildman–Crippen MR) is 128 cm³/mol. The van der Waals surface area contributed by atoms with Gasteiger partial charge in [-0.2, -0.15) is 13.2 Å². The summed E-state index contributed by atoms with van der Waals surface area (Å²) in [5, 5.41) is 13.3. The van der Waals surface area contributed by atoms with Gasteiger partial charge in [0.15, 0.2) is 5.75 Å². The van der Waals surface area contributed by atoms with E-state index in [0.717, 1.165) is 12.1 Å². The lowest BCUT2D eigenvalue weighted by atomic mass is 10.0. The average molecular weight is 539 g/mol.